The van der Waals surface area contributed by atoms with E-state index >= 15 is 0 Å². The van der Waals surface area contributed by atoms with E-state index < -0.39 is 0 Å². The Hall–Kier alpha value is -1.13. The largest absolute Gasteiger partial charge is 0.369 e. The summed E-state index contributed by atoms with van der Waals surface area (Å²) in [6, 6.07) is 7.63. The molecule has 4 heteroatoms. The van der Waals surface area contributed by atoms with Crippen LogP contribution in [0, 0.1) is 5.82 Å². The molecule has 0 atom stereocenters. The number of halogens is 1. The summed E-state index contributed by atoms with van der Waals surface area (Å²) in [5.41, 5.74) is 1.14. The van der Waals surface area contributed by atoms with Gasteiger partial charge in [0.2, 0.25) is 0 Å². The zero-order valence-electron chi connectivity index (χ0n) is 11.3. The van der Waals surface area contributed by atoms with Crippen LogP contribution in [-0.2, 0) is 0 Å². The van der Waals surface area contributed by atoms with Crippen LogP contribution in [0.3, 0.4) is 0 Å². The lowest BCUT2D eigenvalue weighted by atomic mass is 10.0. The van der Waals surface area contributed by atoms with Gasteiger partial charge in [-0.25, -0.2) is 4.39 Å². The molecule has 0 radical (unpaired) electrons. The molecule has 1 N–H and O–H groups in total. The third kappa shape index (κ3) is 3.07. The normalized spacial score (nSPS) is 22.7. The predicted octanol–water partition coefficient (Wildman–Crippen LogP) is 1.70. The Morgan fingerprint density at radius 2 is 1.58 bits per heavy atom. The maximum atomic E-state index is 12.9. The molecule has 3 rings (SSSR count). The summed E-state index contributed by atoms with van der Waals surface area (Å²) in [6.07, 6.45) is 2.55. The van der Waals surface area contributed by atoms with E-state index in [1.54, 1.807) is 12.1 Å². The van der Waals surface area contributed by atoms with Crippen LogP contribution in [0.2, 0.25) is 0 Å². The Labute approximate surface area is 114 Å². The molecule has 1 aromatic rings. The third-order valence-electron chi connectivity index (χ3n) is 4.33. The van der Waals surface area contributed by atoms with Crippen LogP contribution < -0.4 is 10.2 Å². The van der Waals surface area contributed by atoms with Crippen molar-refractivity contribution in [3.8, 4) is 0 Å². The van der Waals surface area contributed by atoms with Gasteiger partial charge in [0.05, 0.1) is 0 Å². The summed E-state index contributed by atoms with van der Waals surface area (Å²) in [7, 11) is 0. The van der Waals surface area contributed by atoms with E-state index in [1.807, 2.05) is 12.1 Å². The van der Waals surface area contributed by atoms with Crippen LogP contribution in [0.1, 0.15) is 12.8 Å². The van der Waals surface area contributed by atoms with Gasteiger partial charge in [0.25, 0.3) is 0 Å². The van der Waals surface area contributed by atoms with E-state index in [9.17, 15) is 4.39 Å². The number of anilines is 1. The maximum absolute atomic E-state index is 12.9. The van der Waals surface area contributed by atoms with Crippen molar-refractivity contribution < 1.29 is 4.39 Å². The van der Waals surface area contributed by atoms with Gasteiger partial charge in [0, 0.05) is 37.9 Å². The number of hydrogen-bond acceptors (Lipinski definition) is 3. The van der Waals surface area contributed by atoms with Crippen molar-refractivity contribution in [1.82, 2.24) is 10.2 Å². The van der Waals surface area contributed by atoms with Crippen LogP contribution in [0.25, 0.3) is 0 Å². The number of benzene rings is 1. The first-order chi connectivity index (χ1) is 9.33. The van der Waals surface area contributed by atoms with Gasteiger partial charge >= 0.3 is 0 Å². The number of nitrogens with zero attached hydrogens (tertiary/aromatic N) is 2. The molecule has 0 amide bonds. The first-order valence-electron chi connectivity index (χ1n) is 7.28. The van der Waals surface area contributed by atoms with E-state index in [2.05, 4.69) is 15.1 Å². The smallest absolute Gasteiger partial charge is 0.123 e. The molecule has 2 saturated heterocycles. The van der Waals surface area contributed by atoms with E-state index in [4.69, 9.17) is 0 Å². The molecule has 0 spiro atoms. The van der Waals surface area contributed by atoms with E-state index in [0.29, 0.717) is 0 Å². The lowest BCUT2D eigenvalue weighted by molar-refractivity contribution is 0.153. The lowest BCUT2D eigenvalue weighted by Gasteiger charge is -2.41. The average molecular weight is 263 g/mol. The van der Waals surface area contributed by atoms with E-state index in [1.165, 1.54) is 12.8 Å². The number of hydrogen-bond donors (Lipinski definition) is 1. The van der Waals surface area contributed by atoms with Crippen molar-refractivity contribution in [3.63, 3.8) is 0 Å². The van der Waals surface area contributed by atoms with Crippen molar-refractivity contribution in [2.75, 3.05) is 44.2 Å². The molecular formula is C15H22FN3. The lowest BCUT2D eigenvalue weighted by Crippen LogP contribution is -2.52. The van der Waals surface area contributed by atoms with Crippen LogP contribution in [0.4, 0.5) is 10.1 Å². The molecule has 104 valence electrons. The first-order valence-corrected chi connectivity index (χ1v) is 7.28. The van der Waals surface area contributed by atoms with Gasteiger partial charge in [-0.15, -0.1) is 0 Å². The Morgan fingerprint density at radius 1 is 0.947 bits per heavy atom. The number of nitrogens with one attached hydrogen (secondary N) is 1. The molecule has 3 nitrogen and oxygen atoms in total. The molecule has 1 aromatic carbocycles. The third-order valence-corrected chi connectivity index (χ3v) is 4.33. The first kappa shape index (κ1) is 12.9. The fraction of sp³-hybridized carbons (Fsp3) is 0.600. The molecule has 2 aliphatic rings. The van der Waals surface area contributed by atoms with Crippen molar-refractivity contribution >= 4 is 5.69 Å². The number of piperazine rings is 1. The van der Waals surface area contributed by atoms with Gasteiger partial charge in [-0.05, 0) is 50.2 Å². The highest BCUT2D eigenvalue weighted by molar-refractivity contribution is 5.46. The van der Waals surface area contributed by atoms with Crippen molar-refractivity contribution in [1.29, 1.82) is 0 Å². The molecule has 2 fully saturated rings. The minimum atomic E-state index is -0.155. The topological polar surface area (TPSA) is 18.5 Å². The van der Waals surface area contributed by atoms with E-state index in [0.717, 1.165) is 51.0 Å². The summed E-state index contributed by atoms with van der Waals surface area (Å²) in [5, 5.41) is 3.42. The second-order valence-electron chi connectivity index (χ2n) is 5.48. The number of piperidine rings is 1. The zero-order chi connectivity index (χ0) is 13.1. The molecule has 2 heterocycles. The quantitative estimate of drug-likeness (QED) is 0.876. The Balaban J connectivity index is 1.55. The van der Waals surface area contributed by atoms with E-state index in [-0.39, 0.29) is 5.82 Å². The fourth-order valence-corrected chi connectivity index (χ4v) is 3.17. The van der Waals surface area contributed by atoms with Crippen LogP contribution >= 0.6 is 0 Å². The van der Waals surface area contributed by atoms with Gasteiger partial charge in [-0.2, -0.15) is 0 Å². The van der Waals surface area contributed by atoms with Gasteiger partial charge in [-0.1, -0.05) is 0 Å². The van der Waals surface area contributed by atoms with Gasteiger partial charge in [0.1, 0.15) is 5.82 Å². The second-order valence-corrected chi connectivity index (χ2v) is 5.48. The summed E-state index contributed by atoms with van der Waals surface area (Å²) in [5.74, 6) is -0.155. The molecule has 2 aliphatic heterocycles. The molecule has 0 aromatic heterocycles. The molecule has 0 aliphatic carbocycles. The van der Waals surface area contributed by atoms with Gasteiger partial charge in [0.15, 0.2) is 0 Å². The zero-order valence-corrected chi connectivity index (χ0v) is 11.3. The highest BCUT2D eigenvalue weighted by Gasteiger charge is 2.24. The Morgan fingerprint density at radius 3 is 2.21 bits per heavy atom. The Bertz CT molecular complexity index is 392. The average Bonchev–Trinajstić information content (AvgIpc) is 2.49. The predicted molar refractivity (Wildman–Crippen MR) is 76.1 cm³/mol. The molecule has 19 heavy (non-hydrogen) atoms. The van der Waals surface area contributed by atoms with Gasteiger partial charge in [-0.3, -0.25) is 4.90 Å². The maximum Gasteiger partial charge on any atom is 0.123 e. The highest BCUT2D eigenvalue weighted by Crippen LogP contribution is 2.19. The molecule has 0 unspecified atom stereocenters. The van der Waals surface area contributed by atoms with Crippen molar-refractivity contribution in [2.24, 2.45) is 0 Å². The molecule has 0 bridgehead atoms. The number of rotatable bonds is 2. The van der Waals surface area contributed by atoms with Crippen molar-refractivity contribution in [2.45, 2.75) is 18.9 Å². The summed E-state index contributed by atoms with van der Waals surface area (Å²) < 4.78 is 12.9. The minimum absolute atomic E-state index is 0.155. The monoisotopic (exact) mass is 263 g/mol. The Kier molecular flexibility index (Phi) is 3.99. The second kappa shape index (κ2) is 5.88. The summed E-state index contributed by atoms with van der Waals surface area (Å²) >= 11 is 0. The summed E-state index contributed by atoms with van der Waals surface area (Å²) in [6.45, 7) is 6.67. The minimum Gasteiger partial charge on any atom is -0.369 e. The van der Waals surface area contributed by atoms with Crippen LogP contribution in [0.15, 0.2) is 24.3 Å². The SMILES string of the molecule is Fc1ccc(N2CCN(C3CCNCC3)CC2)cc1. The highest BCUT2D eigenvalue weighted by atomic mass is 19.1. The molecule has 0 saturated carbocycles. The fourth-order valence-electron chi connectivity index (χ4n) is 3.17. The summed E-state index contributed by atoms with van der Waals surface area (Å²) in [4.78, 5) is 4.98. The van der Waals surface area contributed by atoms with Crippen LogP contribution in [0.5, 0.6) is 0 Å². The van der Waals surface area contributed by atoms with Gasteiger partial charge < -0.3 is 10.2 Å². The molecular weight excluding hydrogens is 241 g/mol. The van der Waals surface area contributed by atoms with Crippen LogP contribution in [-0.4, -0.2) is 50.2 Å². The van der Waals surface area contributed by atoms with Crippen molar-refractivity contribution in [3.05, 3.63) is 30.1 Å². The standard InChI is InChI=1S/C15H22FN3/c16-13-1-3-14(4-2-13)18-9-11-19(12-10-18)15-5-7-17-8-6-15/h1-4,15,17H,5-12H2.